The van der Waals surface area contributed by atoms with Crippen LogP contribution in [0, 0.1) is 10.1 Å². The lowest BCUT2D eigenvalue weighted by Crippen LogP contribution is -2.50. The van der Waals surface area contributed by atoms with Gasteiger partial charge in [0.2, 0.25) is 10.0 Å². The average Bonchev–Trinajstić information content (AvgIpc) is 2.69. The SMILES string of the molecule is O=[N+]([O-])c1cccc(S(=O)(=O)N2CCN(CCNC3CCCCC3)CC2)c1. The summed E-state index contributed by atoms with van der Waals surface area (Å²) in [5.41, 5.74) is -0.205. The van der Waals surface area contributed by atoms with Gasteiger partial charge in [-0.25, -0.2) is 8.42 Å². The largest absolute Gasteiger partial charge is 0.313 e. The highest BCUT2D eigenvalue weighted by atomic mass is 32.2. The van der Waals surface area contributed by atoms with Crippen LogP contribution in [-0.4, -0.2) is 67.9 Å². The maximum absolute atomic E-state index is 12.8. The molecule has 1 aliphatic heterocycles. The van der Waals surface area contributed by atoms with Crippen molar-refractivity contribution in [2.75, 3.05) is 39.3 Å². The first-order chi connectivity index (χ1) is 13.0. The van der Waals surface area contributed by atoms with Crippen molar-refractivity contribution in [1.82, 2.24) is 14.5 Å². The third-order valence-corrected chi connectivity index (χ3v) is 7.36. The molecule has 1 aromatic rings. The van der Waals surface area contributed by atoms with Crippen molar-refractivity contribution < 1.29 is 13.3 Å². The predicted molar refractivity (Wildman–Crippen MR) is 103 cm³/mol. The zero-order chi connectivity index (χ0) is 19.3. The van der Waals surface area contributed by atoms with Crippen LogP contribution < -0.4 is 5.32 Å². The summed E-state index contributed by atoms with van der Waals surface area (Å²) in [6, 6.07) is 5.90. The fourth-order valence-corrected chi connectivity index (χ4v) is 5.30. The molecule has 8 nitrogen and oxygen atoms in total. The van der Waals surface area contributed by atoms with Crippen LogP contribution in [0.2, 0.25) is 0 Å². The highest BCUT2D eigenvalue weighted by Gasteiger charge is 2.29. The number of piperazine rings is 1. The summed E-state index contributed by atoms with van der Waals surface area (Å²) >= 11 is 0. The van der Waals surface area contributed by atoms with E-state index in [1.54, 1.807) is 0 Å². The number of benzene rings is 1. The summed E-state index contributed by atoms with van der Waals surface area (Å²) < 4.78 is 27.0. The zero-order valence-electron chi connectivity index (χ0n) is 15.5. The van der Waals surface area contributed by atoms with E-state index in [9.17, 15) is 18.5 Å². The number of non-ortho nitro benzene ring substituents is 1. The van der Waals surface area contributed by atoms with Crippen LogP contribution in [0.1, 0.15) is 32.1 Å². The Kier molecular flexibility index (Phi) is 6.80. The molecule has 3 rings (SSSR count). The van der Waals surface area contributed by atoms with Gasteiger partial charge in [-0.05, 0) is 18.9 Å². The van der Waals surface area contributed by atoms with Crippen molar-refractivity contribution in [3.8, 4) is 0 Å². The quantitative estimate of drug-likeness (QED) is 0.558. The van der Waals surface area contributed by atoms with Crippen LogP contribution in [0.3, 0.4) is 0 Å². The van der Waals surface area contributed by atoms with Crippen LogP contribution in [0.5, 0.6) is 0 Å². The van der Waals surface area contributed by atoms with Crippen LogP contribution in [0.25, 0.3) is 0 Å². The van der Waals surface area contributed by atoms with E-state index in [-0.39, 0.29) is 10.6 Å². The molecule has 0 atom stereocenters. The van der Waals surface area contributed by atoms with Crippen LogP contribution >= 0.6 is 0 Å². The van der Waals surface area contributed by atoms with Gasteiger partial charge in [-0.3, -0.25) is 15.0 Å². The molecule has 9 heteroatoms. The number of nitro groups is 1. The maximum Gasteiger partial charge on any atom is 0.270 e. The highest BCUT2D eigenvalue weighted by molar-refractivity contribution is 7.89. The van der Waals surface area contributed by atoms with E-state index in [1.807, 2.05) is 0 Å². The lowest BCUT2D eigenvalue weighted by Gasteiger charge is -2.34. The smallest absolute Gasteiger partial charge is 0.270 e. The first kappa shape index (κ1) is 20.2. The Bertz CT molecular complexity index is 741. The maximum atomic E-state index is 12.8. The van der Waals surface area contributed by atoms with Gasteiger partial charge in [0.1, 0.15) is 0 Å². The molecule has 1 heterocycles. The first-order valence-electron chi connectivity index (χ1n) is 9.67. The number of nitrogens with one attached hydrogen (secondary N) is 1. The van der Waals surface area contributed by atoms with E-state index < -0.39 is 14.9 Å². The molecule has 0 aromatic heterocycles. The van der Waals surface area contributed by atoms with Gasteiger partial charge in [-0.2, -0.15) is 4.31 Å². The molecule has 2 fully saturated rings. The summed E-state index contributed by atoms with van der Waals surface area (Å²) in [7, 11) is -3.69. The van der Waals surface area contributed by atoms with E-state index in [4.69, 9.17) is 0 Å². The molecule has 0 spiro atoms. The lowest BCUT2D eigenvalue weighted by molar-refractivity contribution is -0.385. The normalized spacial score (nSPS) is 20.6. The van der Waals surface area contributed by atoms with Crippen molar-refractivity contribution in [3.63, 3.8) is 0 Å². The summed E-state index contributed by atoms with van der Waals surface area (Å²) in [6.07, 6.45) is 6.49. The van der Waals surface area contributed by atoms with Gasteiger partial charge in [0.05, 0.1) is 9.82 Å². The van der Waals surface area contributed by atoms with Crippen LogP contribution in [-0.2, 0) is 10.0 Å². The second-order valence-electron chi connectivity index (χ2n) is 7.29. The number of sulfonamides is 1. The van der Waals surface area contributed by atoms with Gasteiger partial charge in [0.25, 0.3) is 5.69 Å². The molecule has 1 N–H and O–H groups in total. The zero-order valence-corrected chi connectivity index (χ0v) is 16.4. The van der Waals surface area contributed by atoms with E-state index in [0.29, 0.717) is 32.2 Å². The van der Waals surface area contributed by atoms with Crippen molar-refractivity contribution in [1.29, 1.82) is 0 Å². The third kappa shape index (κ3) is 5.25. The fraction of sp³-hybridized carbons (Fsp3) is 0.667. The molecular weight excluding hydrogens is 368 g/mol. The van der Waals surface area contributed by atoms with Crippen molar-refractivity contribution in [3.05, 3.63) is 34.4 Å². The second-order valence-corrected chi connectivity index (χ2v) is 9.23. The number of nitrogens with zero attached hydrogens (tertiary/aromatic N) is 3. The summed E-state index contributed by atoms with van der Waals surface area (Å²) in [4.78, 5) is 12.6. The molecule has 0 bridgehead atoms. The molecule has 27 heavy (non-hydrogen) atoms. The molecule has 0 unspecified atom stereocenters. The number of hydrogen-bond acceptors (Lipinski definition) is 6. The standard InChI is InChI=1S/C18H28N4O4S/c23-22(24)17-7-4-8-18(15-17)27(25,26)21-13-11-20(12-14-21)10-9-19-16-5-2-1-3-6-16/h4,7-8,15-16,19H,1-3,5-6,9-14H2. The van der Waals surface area contributed by atoms with Crippen molar-refractivity contribution in [2.24, 2.45) is 0 Å². The Balaban J connectivity index is 1.49. The number of hydrogen-bond donors (Lipinski definition) is 1. The molecule has 2 aliphatic rings. The van der Waals surface area contributed by atoms with Gasteiger partial charge in [-0.1, -0.05) is 25.3 Å². The van der Waals surface area contributed by atoms with E-state index in [1.165, 1.54) is 54.6 Å². The first-order valence-corrected chi connectivity index (χ1v) is 11.1. The summed E-state index contributed by atoms with van der Waals surface area (Å²) in [6.45, 7) is 4.04. The number of nitro benzene ring substituents is 1. The molecule has 1 aromatic carbocycles. The molecule has 1 saturated carbocycles. The van der Waals surface area contributed by atoms with Crippen LogP contribution in [0.15, 0.2) is 29.2 Å². The number of rotatable bonds is 7. The Morgan fingerprint density at radius 1 is 1.11 bits per heavy atom. The molecule has 1 saturated heterocycles. The molecule has 1 aliphatic carbocycles. The molecule has 150 valence electrons. The Labute approximate surface area is 160 Å². The summed E-state index contributed by atoms with van der Waals surface area (Å²) in [5.74, 6) is 0. The third-order valence-electron chi connectivity index (χ3n) is 5.46. The highest BCUT2D eigenvalue weighted by Crippen LogP contribution is 2.22. The van der Waals surface area contributed by atoms with Crippen molar-refractivity contribution in [2.45, 2.75) is 43.0 Å². The predicted octanol–water partition coefficient (Wildman–Crippen LogP) is 1.82. The van der Waals surface area contributed by atoms with Gasteiger partial charge >= 0.3 is 0 Å². The Morgan fingerprint density at radius 3 is 2.48 bits per heavy atom. The minimum Gasteiger partial charge on any atom is -0.313 e. The Hall–Kier alpha value is -1.55. The molecule has 0 radical (unpaired) electrons. The lowest BCUT2D eigenvalue weighted by atomic mass is 9.95. The average molecular weight is 397 g/mol. The monoisotopic (exact) mass is 396 g/mol. The van der Waals surface area contributed by atoms with E-state index in [0.717, 1.165) is 19.2 Å². The second kappa shape index (κ2) is 9.09. The summed E-state index contributed by atoms with van der Waals surface area (Å²) in [5, 5.41) is 14.5. The van der Waals surface area contributed by atoms with Gasteiger partial charge in [0.15, 0.2) is 0 Å². The van der Waals surface area contributed by atoms with Crippen LogP contribution in [0.4, 0.5) is 5.69 Å². The molecular formula is C18H28N4O4S. The topological polar surface area (TPSA) is 95.8 Å². The van der Waals surface area contributed by atoms with E-state index in [2.05, 4.69) is 10.2 Å². The minimum atomic E-state index is -3.69. The van der Waals surface area contributed by atoms with Gasteiger partial charge in [-0.15, -0.1) is 0 Å². The molecule has 0 amide bonds. The minimum absolute atomic E-state index is 0.0101. The van der Waals surface area contributed by atoms with E-state index >= 15 is 0 Å². The fourth-order valence-electron chi connectivity index (χ4n) is 3.83. The Morgan fingerprint density at radius 2 is 1.81 bits per heavy atom. The van der Waals surface area contributed by atoms with Gasteiger partial charge < -0.3 is 5.32 Å². The van der Waals surface area contributed by atoms with Crippen molar-refractivity contribution >= 4 is 15.7 Å². The van der Waals surface area contributed by atoms with Gasteiger partial charge in [0, 0.05) is 57.4 Å².